The first-order valence-electron chi connectivity index (χ1n) is 9.27. The lowest BCUT2D eigenvalue weighted by atomic mass is 9.59. The predicted octanol–water partition coefficient (Wildman–Crippen LogP) is 3.71. The van der Waals surface area contributed by atoms with Crippen LogP contribution >= 0.6 is 0 Å². The largest absolute Gasteiger partial charge is 0.464 e. The number of benzene rings is 1. The minimum atomic E-state index is -1.72. The van der Waals surface area contributed by atoms with Gasteiger partial charge in [0.25, 0.3) is 0 Å². The van der Waals surface area contributed by atoms with Crippen LogP contribution in [0.25, 0.3) is 0 Å². The fourth-order valence-electron chi connectivity index (χ4n) is 4.36. The Hall–Kier alpha value is -3.05. The Bertz CT molecular complexity index is 902. The maximum absolute atomic E-state index is 13.1. The van der Waals surface area contributed by atoms with Gasteiger partial charge in [0.2, 0.25) is 5.41 Å². The Labute approximate surface area is 159 Å². The maximum atomic E-state index is 13.1. The van der Waals surface area contributed by atoms with Gasteiger partial charge in [0.05, 0.1) is 23.9 Å². The standard InChI is InChI=1S/C22H23N3O2/c1-3-27-21(26)22(13-24)19(15-7-5-4-6-8-15)16-10-9-14(2)11-17(16)18(12-23)20(22)25/h4-8,14,19H,3,9-11,25H2,1-2H3/t14-,19+,22-/m0/s1. The summed E-state index contributed by atoms with van der Waals surface area (Å²) in [6.07, 6.45) is 2.41. The van der Waals surface area contributed by atoms with Crippen LogP contribution < -0.4 is 5.73 Å². The molecule has 3 atom stereocenters. The molecule has 3 rings (SSSR count). The van der Waals surface area contributed by atoms with Crippen LogP contribution in [0.15, 0.2) is 52.7 Å². The van der Waals surface area contributed by atoms with Crippen LogP contribution in [0.2, 0.25) is 0 Å². The van der Waals surface area contributed by atoms with Crippen LogP contribution in [-0.4, -0.2) is 12.6 Å². The average Bonchev–Trinajstić information content (AvgIpc) is 2.68. The lowest BCUT2D eigenvalue weighted by molar-refractivity contribution is -0.151. The number of nitriles is 2. The number of allylic oxidation sites excluding steroid dienone is 3. The molecule has 27 heavy (non-hydrogen) atoms. The smallest absolute Gasteiger partial charge is 0.333 e. The zero-order valence-electron chi connectivity index (χ0n) is 15.7. The molecule has 5 nitrogen and oxygen atoms in total. The Morgan fingerprint density at radius 1 is 1.33 bits per heavy atom. The molecule has 138 valence electrons. The van der Waals surface area contributed by atoms with Crippen molar-refractivity contribution in [1.29, 1.82) is 10.5 Å². The van der Waals surface area contributed by atoms with Crippen molar-refractivity contribution >= 4 is 5.97 Å². The summed E-state index contributed by atoms with van der Waals surface area (Å²) in [6.45, 7) is 3.98. The Morgan fingerprint density at radius 2 is 2.04 bits per heavy atom. The SMILES string of the molecule is CCOC(=O)[C@]1(C#N)C(N)=C(C#N)C2=C(CC[C@H](C)C2)[C@H]1c1ccccc1. The van der Waals surface area contributed by atoms with Crippen LogP contribution in [-0.2, 0) is 9.53 Å². The summed E-state index contributed by atoms with van der Waals surface area (Å²) < 4.78 is 5.28. The number of carbonyl (C=O) groups is 1. The van der Waals surface area contributed by atoms with Gasteiger partial charge >= 0.3 is 5.97 Å². The third-order valence-corrected chi connectivity index (χ3v) is 5.64. The molecule has 2 N–H and O–H groups in total. The second-order valence-corrected chi connectivity index (χ2v) is 7.24. The molecule has 1 aromatic rings. The van der Waals surface area contributed by atoms with E-state index in [1.165, 1.54) is 0 Å². The molecule has 0 bridgehead atoms. The highest BCUT2D eigenvalue weighted by Gasteiger charge is 2.56. The number of rotatable bonds is 3. The summed E-state index contributed by atoms with van der Waals surface area (Å²) in [5.41, 5.74) is 7.68. The van der Waals surface area contributed by atoms with Gasteiger partial charge in [-0.15, -0.1) is 0 Å². The number of esters is 1. The molecule has 2 aliphatic rings. The van der Waals surface area contributed by atoms with E-state index in [4.69, 9.17) is 10.5 Å². The number of hydrogen-bond donors (Lipinski definition) is 1. The molecule has 1 aromatic carbocycles. The average molecular weight is 361 g/mol. The van der Waals surface area contributed by atoms with E-state index in [9.17, 15) is 15.3 Å². The van der Waals surface area contributed by atoms with Gasteiger partial charge in [0, 0.05) is 5.92 Å². The zero-order valence-corrected chi connectivity index (χ0v) is 15.7. The molecule has 0 aromatic heterocycles. The van der Waals surface area contributed by atoms with E-state index < -0.39 is 17.3 Å². The molecule has 0 heterocycles. The Morgan fingerprint density at radius 3 is 2.63 bits per heavy atom. The predicted molar refractivity (Wildman–Crippen MR) is 101 cm³/mol. The maximum Gasteiger partial charge on any atom is 0.333 e. The van der Waals surface area contributed by atoms with Crippen molar-refractivity contribution in [1.82, 2.24) is 0 Å². The van der Waals surface area contributed by atoms with Gasteiger partial charge in [-0.3, -0.25) is 0 Å². The Kier molecular flexibility index (Phi) is 5.06. The number of nitrogens with zero attached hydrogens (tertiary/aromatic N) is 2. The summed E-state index contributed by atoms with van der Waals surface area (Å²) >= 11 is 0. The molecule has 5 heteroatoms. The van der Waals surface area contributed by atoms with Gasteiger partial charge in [0.1, 0.15) is 6.07 Å². The van der Waals surface area contributed by atoms with E-state index in [2.05, 4.69) is 19.1 Å². The highest BCUT2D eigenvalue weighted by Crippen LogP contribution is 2.55. The minimum absolute atomic E-state index is 0.0210. The van der Waals surface area contributed by atoms with Gasteiger partial charge in [0.15, 0.2) is 0 Å². The summed E-state index contributed by atoms with van der Waals surface area (Å²) in [5, 5.41) is 20.0. The van der Waals surface area contributed by atoms with E-state index >= 15 is 0 Å². The van der Waals surface area contributed by atoms with Crippen LogP contribution in [0.4, 0.5) is 0 Å². The van der Waals surface area contributed by atoms with Crippen LogP contribution in [0, 0.1) is 34.0 Å². The van der Waals surface area contributed by atoms with Gasteiger partial charge < -0.3 is 10.5 Å². The number of nitrogens with two attached hydrogens (primary N) is 1. The molecule has 0 fully saturated rings. The minimum Gasteiger partial charge on any atom is -0.464 e. The topological polar surface area (TPSA) is 99.9 Å². The molecule has 0 saturated carbocycles. The monoisotopic (exact) mass is 361 g/mol. The van der Waals surface area contributed by atoms with Crippen molar-refractivity contribution in [3.05, 3.63) is 58.3 Å². The second-order valence-electron chi connectivity index (χ2n) is 7.24. The molecule has 0 radical (unpaired) electrons. The van der Waals surface area contributed by atoms with Crippen LogP contribution in [0.1, 0.15) is 44.6 Å². The van der Waals surface area contributed by atoms with Gasteiger partial charge in [-0.25, -0.2) is 4.79 Å². The molecular weight excluding hydrogens is 338 g/mol. The molecule has 0 aliphatic heterocycles. The molecule has 0 amide bonds. The van der Waals surface area contributed by atoms with Gasteiger partial charge in [-0.2, -0.15) is 10.5 Å². The van der Waals surface area contributed by atoms with Gasteiger partial charge in [-0.05, 0) is 43.2 Å². The number of hydrogen-bond acceptors (Lipinski definition) is 5. The van der Waals surface area contributed by atoms with E-state index in [1.807, 2.05) is 30.3 Å². The van der Waals surface area contributed by atoms with Crippen molar-refractivity contribution in [2.75, 3.05) is 6.61 Å². The van der Waals surface area contributed by atoms with E-state index in [1.54, 1.807) is 6.92 Å². The third kappa shape index (κ3) is 2.80. The lowest BCUT2D eigenvalue weighted by Gasteiger charge is -2.42. The van der Waals surface area contributed by atoms with Crippen molar-refractivity contribution in [2.45, 2.75) is 39.0 Å². The van der Waals surface area contributed by atoms with Crippen molar-refractivity contribution in [3.8, 4) is 12.1 Å². The van der Waals surface area contributed by atoms with Crippen molar-refractivity contribution in [3.63, 3.8) is 0 Å². The fourth-order valence-corrected chi connectivity index (χ4v) is 4.36. The quantitative estimate of drug-likeness (QED) is 0.827. The number of ether oxygens (including phenoxy) is 1. The van der Waals surface area contributed by atoms with E-state index in [0.29, 0.717) is 5.92 Å². The normalized spacial score (nSPS) is 27.4. The van der Waals surface area contributed by atoms with Crippen LogP contribution in [0.5, 0.6) is 0 Å². The first-order chi connectivity index (χ1) is 13.0. The van der Waals surface area contributed by atoms with Crippen molar-refractivity contribution < 1.29 is 9.53 Å². The second kappa shape index (κ2) is 7.29. The van der Waals surface area contributed by atoms with Crippen molar-refractivity contribution in [2.24, 2.45) is 17.1 Å². The molecule has 0 saturated heterocycles. The first kappa shape index (κ1) is 18.7. The zero-order chi connectivity index (χ0) is 19.6. The van der Waals surface area contributed by atoms with E-state index in [0.717, 1.165) is 36.0 Å². The lowest BCUT2D eigenvalue weighted by Crippen LogP contribution is -2.46. The Balaban J connectivity index is 2.34. The van der Waals surface area contributed by atoms with Crippen LogP contribution in [0.3, 0.4) is 0 Å². The summed E-state index contributed by atoms with van der Waals surface area (Å²) in [7, 11) is 0. The summed E-state index contributed by atoms with van der Waals surface area (Å²) in [4.78, 5) is 13.1. The first-order valence-corrected chi connectivity index (χ1v) is 9.27. The number of carbonyl (C=O) groups excluding carboxylic acids is 1. The molecule has 2 aliphatic carbocycles. The molecular formula is C22H23N3O2. The summed E-state index contributed by atoms with van der Waals surface area (Å²) in [6, 6.07) is 13.8. The fraction of sp³-hybridized carbons (Fsp3) is 0.409. The molecule has 0 spiro atoms. The highest BCUT2D eigenvalue weighted by molar-refractivity contribution is 5.88. The summed E-state index contributed by atoms with van der Waals surface area (Å²) in [5.74, 6) is -0.798. The third-order valence-electron chi connectivity index (χ3n) is 5.64. The highest BCUT2D eigenvalue weighted by atomic mass is 16.5. The van der Waals surface area contributed by atoms with Gasteiger partial charge in [-0.1, -0.05) is 42.8 Å². The van der Waals surface area contributed by atoms with E-state index in [-0.39, 0.29) is 17.9 Å². The molecule has 0 unspecified atom stereocenters.